The van der Waals surface area contributed by atoms with Crippen LogP contribution in [0.25, 0.3) is 0 Å². The average Bonchev–Trinajstić information content (AvgIpc) is 2.77. The van der Waals surface area contributed by atoms with Crippen LogP contribution in [0.15, 0.2) is 24.4 Å². The Labute approximate surface area is 127 Å². The van der Waals surface area contributed by atoms with Gasteiger partial charge in [-0.05, 0) is 51.0 Å². The van der Waals surface area contributed by atoms with Crippen molar-refractivity contribution in [1.29, 1.82) is 0 Å². The highest BCUT2D eigenvalue weighted by Crippen LogP contribution is 2.23. The van der Waals surface area contributed by atoms with E-state index < -0.39 is 0 Å². The van der Waals surface area contributed by atoms with Crippen LogP contribution in [0.4, 0.5) is 5.69 Å². The van der Waals surface area contributed by atoms with Crippen molar-refractivity contribution in [3.63, 3.8) is 0 Å². The van der Waals surface area contributed by atoms with Gasteiger partial charge in [-0.1, -0.05) is 6.92 Å². The van der Waals surface area contributed by atoms with Gasteiger partial charge >= 0.3 is 0 Å². The number of aromatic nitrogens is 2. The van der Waals surface area contributed by atoms with Crippen molar-refractivity contribution in [2.75, 3.05) is 5.32 Å². The van der Waals surface area contributed by atoms with E-state index in [1.807, 2.05) is 31.6 Å². The first-order valence-electron chi connectivity index (χ1n) is 7.52. The number of aryl methyl sites for hydroxylation is 3. The SMILES string of the molecule is CCc1nn(C)cc1CNc1ccc(OC(C)C)cc1C. The van der Waals surface area contributed by atoms with Gasteiger partial charge in [0, 0.05) is 31.0 Å². The minimum Gasteiger partial charge on any atom is -0.491 e. The molecule has 1 aromatic carbocycles. The number of nitrogens with zero attached hydrogens (tertiary/aromatic N) is 2. The van der Waals surface area contributed by atoms with Gasteiger partial charge in [-0.15, -0.1) is 0 Å². The summed E-state index contributed by atoms with van der Waals surface area (Å²) in [6.07, 6.45) is 3.24. The Morgan fingerprint density at radius 3 is 2.71 bits per heavy atom. The molecule has 1 aromatic heterocycles. The number of anilines is 1. The fourth-order valence-corrected chi connectivity index (χ4v) is 2.40. The van der Waals surface area contributed by atoms with E-state index in [-0.39, 0.29) is 6.10 Å². The predicted molar refractivity (Wildman–Crippen MR) is 86.9 cm³/mol. The molecule has 0 fully saturated rings. The monoisotopic (exact) mass is 287 g/mol. The first-order chi connectivity index (χ1) is 9.99. The van der Waals surface area contributed by atoms with Crippen LogP contribution in [-0.4, -0.2) is 15.9 Å². The molecule has 1 heterocycles. The molecule has 0 saturated heterocycles. The zero-order chi connectivity index (χ0) is 15.4. The molecule has 0 aliphatic heterocycles. The first-order valence-corrected chi connectivity index (χ1v) is 7.52. The lowest BCUT2D eigenvalue weighted by atomic mass is 10.1. The molecule has 0 radical (unpaired) electrons. The summed E-state index contributed by atoms with van der Waals surface area (Å²) in [5, 5.41) is 7.96. The Morgan fingerprint density at radius 1 is 1.33 bits per heavy atom. The second-order valence-corrected chi connectivity index (χ2v) is 5.63. The summed E-state index contributed by atoms with van der Waals surface area (Å²) < 4.78 is 7.59. The van der Waals surface area contributed by atoms with Crippen molar-refractivity contribution in [2.24, 2.45) is 7.05 Å². The highest BCUT2D eigenvalue weighted by Gasteiger charge is 2.07. The molecule has 1 N–H and O–H groups in total. The molecule has 21 heavy (non-hydrogen) atoms. The predicted octanol–water partition coefficient (Wildman–Crippen LogP) is 3.69. The molecule has 0 unspecified atom stereocenters. The molecular weight excluding hydrogens is 262 g/mol. The van der Waals surface area contributed by atoms with Crippen LogP contribution in [-0.2, 0) is 20.0 Å². The van der Waals surface area contributed by atoms with Crippen molar-refractivity contribution in [2.45, 2.75) is 46.8 Å². The van der Waals surface area contributed by atoms with Gasteiger partial charge in [0.15, 0.2) is 0 Å². The van der Waals surface area contributed by atoms with Crippen LogP contribution in [0.2, 0.25) is 0 Å². The largest absolute Gasteiger partial charge is 0.491 e. The summed E-state index contributed by atoms with van der Waals surface area (Å²) >= 11 is 0. The normalized spacial score (nSPS) is 11.0. The summed E-state index contributed by atoms with van der Waals surface area (Å²) in [6, 6.07) is 6.17. The Kier molecular flexibility index (Phi) is 4.89. The number of rotatable bonds is 6. The van der Waals surface area contributed by atoms with Crippen LogP contribution in [0.1, 0.15) is 37.6 Å². The molecular formula is C17H25N3O. The molecule has 4 nitrogen and oxygen atoms in total. The maximum absolute atomic E-state index is 5.71. The molecule has 0 atom stereocenters. The summed E-state index contributed by atoms with van der Waals surface area (Å²) in [7, 11) is 1.96. The average molecular weight is 287 g/mol. The molecule has 0 bridgehead atoms. The van der Waals surface area contributed by atoms with E-state index in [2.05, 4.69) is 42.6 Å². The lowest BCUT2D eigenvalue weighted by molar-refractivity contribution is 0.242. The number of nitrogens with one attached hydrogen (secondary N) is 1. The molecule has 0 amide bonds. The van der Waals surface area contributed by atoms with E-state index in [4.69, 9.17) is 4.74 Å². The standard InChI is InChI=1S/C17H25N3O/c1-6-16-14(11-20(5)19-16)10-18-17-8-7-15(9-13(17)4)21-12(2)3/h7-9,11-12,18H,6,10H2,1-5H3. The Balaban J connectivity index is 2.06. The van der Waals surface area contributed by atoms with E-state index >= 15 is 0 Å². The van der Waals surface area contributed by atoms with Gasteiger partial charge in [0.1, 0.15) is 5.75 Å². The van der Waals surface area contributed by atoms with Gasteiger partial charge in [-0.2, -0.15) is 5.10 Å². The summed E-state index contributed by atoms with van der Waals surface area (Å²) in [5.41, 5.74) is 4.73. The molecule has 4 heteroatoms. The Bertz CT molecular complexity index is 602. The third kappa shape index (κ3) is 4.00. The molecule has 2 rings (SSSR count). The second-order valence-electron chi connectivity index (χ2n) is 5.63. The molecule has 0 aliphatic carbocycles. The van der Waals surface area contributed by atoms with Gasteiger partial charge in [0.25, 0.3) is 0 Å². The second kappa shape index (κ2) is 6.66. The molecule has 0 spiro atoms. The maximum atomic E-state index is 5.71. The van der Waals surface area contributed by atoms with Crippen molar-refractivity contribution >= 4 is 5.69 Å². The first kappa shape index (κ1) is 15.4. The van der Waals surface area contributed by atoms with Crippen LogP contribution < -0.4 is 10.1 Å². The zero-order valence-electron chi connectivity index (χ0n) is 13.6. The van der Waals surface area contributed by atoms with Crippen molar-refractivity contribution < 1.29 is 4.74 Å². The number of hydrogen-bond acceptors (Lipinski definition) is 3. The van der Waals surface area contributed by atoms with Gasteiger partial charge in [0.05, 0.1) is 11.8 Å². The lowest BCUT2D eigenvalue weighted by Crippen LogP contribution is -2.06. The van der Waals surface area contributed by atoms with Crippen LogP contribution in [0, 0.1) is 6.92 Å². The minimum absolute atomic E-state index is 0.200. The van der Waals surface area contributed by atoms with E-state index in [1.54, 1.807) is 0 Å². The van der Waals surface area contributed by atoms with E-state index in [0.717, 1.165) is 30.1 Å². The number of benzene rings is 1. The fraction of sp³-hybridized carbons (Fsp3) is 0.471. The van der Waals surface area contributed by atoms with Gasteiger partial charge in [-0.3, -0.25) is 4.68 Å². The van der Waals surface area contributed by atoms with Gasteiger partial charge in [0.2, 0.25) is 0 Å². The van der Waals surface area contributed by atoms with Crippen LogP contribution >= 0.6 is 0 Å². The van der Waals surface area contributed by atoms with E-state index in [0.29, 0.717) is 0 Å². The van der Waals surface area contributed by atoms with Crippen molar-refractivity contribution in [1.82, 2.24) is 9.78 Å². The van der Waals surface area contributed by atoms with Gasteiger partial charge in [-0.25, -0.2) is 0 Å². The highest BCUT2D eigenvalue weighted by atomic mass is 16.5. The fourth-order valence-electron chi connectivity index (χ4n) is 2.40. The van der Waals surface area contributed by atoms with Crippen LogP contribution in [0.3, 0.4) is 0 Å². The molecule has 2 aromatic rings. The van der Waals surface area contributed by atoms with Crippen molar-refractivity contribution in [3.05, 3.63) is 41.2 Å². The quantitative estimate of drug-likeness (QED) is 0.880. The Hall–Kier alpha value is -1.97. The highest BCUT2D eigenvalue weighted by molar-refractivity contribution is 5.54. The minimum atomic E-state index is 0.200. The Morgan fingerprint density at radius 2 is 2.10 bits per heavy atom. The summed E-state index contributed by atoms with van der Waals surface area (Å²) in [6.45, 7) is 9.10. The molecule has 0 saturated carbocycles. The number of ether oxygens (including phenoxy) is 1. The topological polar surface area (TPSA) is 39.1 Å². The smallest absolute Gasteiger partial charge is 0.120 e. The zero-order valence-corrected chi connectivity index (χ0v) is 13.6. The maximum Gasteiger partial charge on any atom is 0.120 e. The van der Waals surface area contributed by atoms with Gasteiger partial charge < -0.3 is 10.1 Å². The van der Waals surface area contributed by atoms with E-state index in [9.17, 15) is 0 Å². The molecule has 0 aliphatic rings. The molecule has 114 valence electrons. The lowest BCUT2D eigenvalue weighted by Gasteiger charge is -2.13. The summed E-state index contributed by atoms with van der Waals surface area (Å²) in [5.74, 6) is 0.920. The van der Waals surface area contributed by atoms with Crippen molar-refractivity contribution in [3.8, 4) is 5.75 Å². The third-order valence-corrected chi connectivity index (χ3v) is 3.37. The van der Waals surface area contributed by atoms with E-state index in [1.165, 1.54) is 11.1 Å². The number of hydrogen-bond donors (Lipinski definition) is 1. The van der Waals surface area contributed by atoms with Crippen LogP contribution in [0.5, 0.6) is 5.75 Å². The third-order valence-electron chi connectivity index (χ3n) is 3.37. The summed E-state index contributed by atoms with van der Waals surface area (Å²) in [4.78, 5) is 0.